The molecule has 0 fully saturated rings. The maximum atomic E-state index is 5.55. The van der Waals surface area contributed by atoms with Crippen molar-refractivity contribution < 1.29 is 4.74 Å². The Morgan fingerprint density at radius 3 is 2.95 bits per heavy atom. The van der Waals surface area contributed by atoms with Crippen LogP contribution in [-0.4, -0.2) is 29.8 Å². The molecule has 4 nitrogen and oxygen atoms in total. The van der Waals surface area contributed by atoms with Gasteiger partial charge in [0.05, 0.1) is 18.6 Å². The summed E-state index contributed by atoms with van der Waals surface area (Å²) in [4.78, 5) is 4.52. The maximum Gasteiger partial charge on any atom is 0.119 e. The van der Waals surface area contributed by atoms with Gasteiger partial charge in [-0.3, -0.25) is 0 Å². The van der Waals surface area contributed by atoms with E-state index in [2.05, 4.69) is 27.0 Å². The average molecular weight is 259 g/mol. The van der Waals surface area contributed by atoms with E-state index in [1.807, 2.05) is 39.5 Å². The third-order valence-electron chi connectivity index (χ3n) is 3.09. The molecule has 0 radical (unpaired) electrons. The summed E-state index contributed by atoms with van der Waals surface area (Å²) in [6.07, 6.45) is 2.83. The van der Waals surface area contributed by atoms with E-state index in [1.165, 1.54) is 5.69 Å². The Labute approximate surface area is 114 Å². The van der Waals surface area contributed by atoms with Gasteiger partial charge in [0.2, 0.25) is 0 Å². The first kappa shape index (κ1) is 13.6. The number of benzene rings is 1. The second-order valence-corrected chi connectivity index (χ2v) is 4.47. The average Bonchev–Trinajstić information content (AvgIpc) is 2.78. The lowest BCUT2D eigenvalue weighted by atomic mass is 10.1. The summed E-state index contributed by atoms with van der Waals surface area (Å²) >= 11 is 0. The molecule has 1 heterocycles. The van der Waals surface area contributed by atoms with Crippen molar-refractivity contribution in [2.45, 2.75) is 13.3 Å². The minimum absolute atomic E-state index is 0.679. The number of rotatable bonds is 6. The quantitative estimate of drug-likeness (QED) is 0.865. The highest BCUT2D eigenvalue weighted by atomic mass is 16.5. The molecule has 102 valence electrons. The molecule has 1 N–H and O–H groups in total. The van der Waals surface area contributed by atoms with Crippen molar-refractivity contribution >= 4 is 0 Å². The largest absolute Gasteiger partial charge is 0.494 e. The van der Waals surface area contributed by atoms with Gasteiger partial charge in [-0.15, -0.1) is 0 Å². The first-order valence-electron chi connectivity index (χ1n) is 6.64. The van der Waals surface area contributed by atoms with Gasteiger partial charge < -0.3 is 14.6 Å². The summed E-state index contributed by atoms with van der Waals surface area (Å²) in [6.45, 7) is 3.61. The van der Waals surface area contributed by atoms with Crippen LogP contribution < -0.4 is 10.1 Å². The minimum Gasteiger partial charge on any atom is -0.494 e. The van der Waals surface area contributed by atoms with Gasteiger partial charge >= 0.3 is 0 Å². The van der Waals surface area contributed by atoms with E-state index in [4.69, 9.17) is 4.74 Å². The number of hydrogen-bond acceptors (Lipinski definition) is 3. The lowest BCUT2D eigenvalue weighted by Crippen LogP contribution is -2.12. The highest BCUT2D eigenvalue weighted by Gasteiger charge is 2.11. The fraction of sp³-hybridized carbons (Fsp3) is 0.400. The number of hydrogen-bond donors (Lipinski definition) is 1. The number of nitrogens with one attached hydrogen (secondary N) is 1. The number of imidazole rings is 1. The molecular formula is C15H21N3O. The van der Waals surface area contributed by atoms with E-state index in [9.17, 15) is 0 Å². The van der Waals surface area contributed by atoms with Gasteiger partial charge in [0.25, 0.3) is 0 Å². The van der Waals surface area contributed by atoms with E-state index in [-0.39, 0.29) is 0 Å². The Bertz CT molecular complexity index is 534. The van der Waals surface area contributed by atoms with Crippen LogP contribution in [0, 0.1) is 0 Å². The molecule has 0 amide bonds. The van der Waals surface area contributed by atoms with E-state index >= 15 is 0 Å². The summed E-state index contributed by atoms with van der Waals surface area (Å²) < 4.78 is 7.63. The van der Waals surface area contributed by atoms with Gasteiger partial charge in [0.1, 0.15) is 5.75 Å². The Morgan fingerprint density at radius 1 is 1.37 bits per heavy atom. The summed E-state index contributed by atoms with van der Waals surface area (Å²) in [5.41, 5.74) is 3.39. The molecule has 2 rings (SSSR count). The van der Waals surface area contributed by atoms with Crippen LogP contribution in [0.2, 0.25) is 0 Å². The molecule has 0 spiro atoms. The Kier molecular flexibility index (Phi) is 4.58. The molecule has 0 aliphatic carbocycles. The van der Waals surface area contributed by atoms with Crippen LogP contribution >= 0.6 is 0 Å². The highest BCUT2D eigenvalue weighted by Crippen LogP contribution is 2.25. The number of aryl methyl sites for hydroxylation is 1. The molecule has 0 saturated carbocycles. The predicted molar refractivity (Wildman–Crippen MR) is 77.4 cm³/mol. The van der Waals surface area contributed by atoms with E-state index in [0.717, 1.165) is 30.0 Å². The van der Waals surface area contributed by atoms with Crippen molar-refractivity contribution in [2.75, 3.05) is 20.2 Å². The van der Waals surface area contributed by atoms with Gasteiger partial charge in [0.15, 0.2) is 0 Å². The predicted octanol–water partition coefficient (Wildman–Crippen LogP) is 2.25. The first-order valence-corrected chi connectivity index (χ1v) is 6.64. The van der Waals surface area contributed by atoms with Crippen LogP contribution in [0.15, 0.2) is 30.6 Å². The second-order valence-electron chi connectivity index (χ2n) is 4.47. The summed E-state index contributed by atoms with van der Waals surface area (Å²) in [7, 11) is 4.00. The molecule has 0 unspecified atom stereocenters. The van der Waals surface area contributed by atoms with Crippen molar-refractivity contribution in [3.63, 3.8) is 0 Å². The van der Waals surface area contributed by atoms with Crippen molar-refractivity contribution in [1.29, 1.82) is 0 Å². The lowest BCUT2D eigenvalue weighted by Gasteiger charge is -2.08. The molecule has 0 atom stereocenters. The minimum atomic E-state index is 0.679. The zero-order valence-corrected chi connectivity index (χ0v) is 11.8. The lowest BCUT2D eigenvalue weighted by molar-refractivity contribution is 0.340. The molecule has 0 saturated heterocycles. The zero-order valence-electron chi connectivity index (χ0n) is 11.8. The Balaban J connectivity index is 2.32. The number of aromatic nitrogens is 2. The first-order chi connectivity index (χ1) is 9.26. The van der Waals surface area contributed by atoms with Crippen molar-refractivity contribution in [1.82, 2.24) is 14.9 Å². The normalized spacial score (nSPS) is 10.7. The van der Waals surface area contributed by atoms with E-state index in [0.29, 0.717) is 6.61 Å². The highest BCUT2D eigenvalue weighted by molar-refractivity contribution is 5.63. The van der Waals surface area contributed by atoms with Gasteiger partial charge in [-0.25, -0.2) is 4.98 Å². The Morgan fingerprint density at radius 2 is 2.21 bits per heavy atom. The van der Waals surface area contributed by atoms with Crippen molar-refractivity contribution in [3.8, 4) is 17.0 Å². The van der Waals surface area contributed by atoms with Crippen LogP contribution in [0.25, 0.3) is 11.3 Å². The molecule has 0 bridgehead atoms. The molecule has 19 heavy (non-hydrogen) atoms. The van der Waals surface area contributed by atoms with Crippen molar-refractivity contribution in [2.24, 2.45) is 7.05 Å². The molecule has 0 aliphatic heterocycles. The summed E-state index contributed by atoms with van der Waals surface area (Å²) in [5.74, 6) is 0.894. The van der Waals surface area contributed by atoms with Crippen LogP contribution in [0.5, 0.6) is 5.75 Å². The maximum absolute atomic E-state index is 5.55. The fourth-order valence-corrected chi connectivity index (χ4v) is 2.13. The van der Waals surface area contributed by atoms with Gasteiger partial charge in [-0.1, -0.05) is 12.1 Å². The van der Waals surface area contributed by atoms with Crippen LogP contribution in [0.3, 0.4) is 0 Å². The number of ether oxygens (including phenoxy) is 1. The van der Waals surface area contributed by atoms with Crippen LogP contribution in [0.1, 0.15) is 12.6 Å². The van der Waals surface area contributed by atoms with Crippen molar-refractivity contribution in [3.05, 3.63) is 36.3 Å². The molecule has 1 aromatic heterocycles. The second kappa shape index (κ2) is 6.38. The third kappa shape index (κ3) is 3.15. The fourth-order valence-electron chi connectivity index (χ4n) is 2.13. The van der Waals surface area contributed by atoms with Gasteiger partial charge in [-0.2, -0.15) is 0 Å². The summed E-state index contributed by atoms with van der Waals surface area (Å²) in [5, 5.41) is 3.18. The molecule has 4 heteroatoms. The zero-order chi connectivity index (χ0) is 13.7. The van der Waals surface area contributed by atoms with Crippen LogP contribution in [0.4, 0.5) is 0 Å². The molecular weight excluding hydrogens is 238 g/mol. The van der Waals surface area contributed by atoms with Gasteiger partial charge in [0, 0.05) is 31.3 Å². The monoisotopic (exact) mass is 259 g/mol. The van der Waals surface area contributed by atoms with Crippen LogP contribution in [-0.2, 0) is 13.5 Å². The van der Waals surface area contributed by atoms with E-state index < -0.39 is 0 Å². The number of likely N-dealkylation sites (N-methyl/N-ethyl adjacent to an activating group) is 1. The number of nitrogens with zero attached hydrogens (tertiary/aromatic N) is 2. The third-order valence-corrected chi connectivity index (χ3v) is 3.09. The molecule has 1 aromatic carbocycles. The topological polar surface area (TPSA) is 39.1 Å². The Hall–Kier alpha value is -1.81. The summed E-state index contributed by atoms with van der Waals surface area (Å²) in [6, 6.07) is 8.11. The molecule has 0 aliphatic rings. The van der Waals surface area contributed by atoms with Gasteiger partial charge in [-0.05, 0) is 26.1 Å². The smallest absolute Gasteiger partial charge is 0.119 e. The SMILES string of the molecule is CCOc1cccc(-c2ncn(C)c2CCNC)c1. The van der Waals surface area contributed by atoms with E-state index in [1.54, 1.807) is 0 Å². The standard InChI is InChI=1S/C15H21N3O/c1-4-19-13-7-5-6-12(10-13)15-14(8-9-16-2)18(3)11-17-15/h5-7,10-11,16H,4,8-9H2,1-3H3. The molecule has 2 aromatic rings.